The van der Waals surface area contributed by atoms with Gasteiger partial charge in [0.05, 0.1) is 10.4 Å². The molecule has 0 bridgehead atoms. The van der Waals surface area contributed by atoms with E-state index in [4.69, 9.17) is 11.6 Å². The number of thiophene rings is 1. The number of hydrogen-bond acceptors (Lipinski definition) is 5. The topological polar surface area (TPSA) is 88.2 Å². The first-order valence-electron chi connectivity index (χ1n) is 6.33. The number of carbonyl (C=O) groups excluding carboxylic acids is 1. The third-order valence-corrected chi connectivity index (χ3v) is 5.99. The van der Waals surface area contributed by atoms with Gasteiger partial charge < -0.3 is 5.32 Å². The van der Waals surface area contributed by atoms with Crippen LogP contribution in [-0.2, 0) is 21.4 Å². The van der Waals surface area contributed by atoms with Gasteiger partial charge in [0, 0.05) is 18.9 Å². The van der Waals surface area contributed by atoms with Crippen LogP contribution >= 0.6 is 22.9 Å². The molecule has 0 spiro atoms. The monoisotopic (exact) mass is 359 g/mol. The number of aromatic nitrogens is 1. The predicted molar refractivity (Wildman–Crippen MR) is 85.2 cm³/mol. The molecule has 1 atom stereocenters. The molecule has 22 heavy (non-hydrogen) atoms. The number of nitrogens with one attached hydrogen (secondary N) is 2. The fourth-order valence-electron chi connectivity index (χ4n) is 1.63. The van der Waals surface area contributed by atoms with Crippen molar-refractivity contribution in [3.63, 3.8) is 0 Å². The average molecular weight is 360 g/mol. The summed E-state index contributed by atoms with van der Waals surface area (Å²) in [5.74, 6) is -0.421. The van der Waals surface area contributed by atoms with Crippen molar-refractivity contribution in [3.05, 3.63) is 46.6 Å². The molecule has 2 aromatic rings. The van der Waals surface area contributed by atoms with Gasteiger partial charge in [-0.05, 0) is 30.7 Å². The fraction of sp³-hybridized carbons (Fsp3) is 0.231. The number of halogens is 1. The summed E-state index contributed by atoms with van der Waals surface area (Å²) in [7, 11) is -3.76. The lowest BCUT2D eigenvalue weighted by molar-refractivity contribution is -0.122. The van der Waals surface area contributed by atoms with Crippen molar-refractivity contribution in [2.24, 2.45) is 0 Å². The molecular formula is C13H14ClN3O3S2. The van der Waals surface area contributed by atoms with E-state index < -0.39 is 22.0 Å². The van der Waals surface area contributed by atoms with Gasteiger partial charge in [0.2, 0.25) is 5.91 Å². The van der Waals surface area contributed by atoms with Crippen molar-refractivity contribution in [2.75, 3.05) is 0 Å². The standard InChI is InChI=1S/C13H14ClN3O3S2/c1-9(13(18)16-8-10-3-2-6-15-7-10)17-22(19,20)12-5-4-11(14)21-12/h2-7,9,17H,8H2,1H3,(H,16,18)/t9-/m1/s1. The van der Waals surface area contributed by atoms with E-state index in [1.54, 1.807) is 18.5 Å². The number of pyridine rings is 1. The lowest BCUT2D eigenvalue weighted by Crippen LogP contribution is -2.44. The lowest BCUT2D eigenvalue weighted by Gasteiger charge is -2.13. The molecule has 2 aromatic heterocycles. The Hall–Kier alpha value is -1.48. The Bertz CT molecular complexity index is 747. The molecule has 0 saturated carbocycles. The van der Waals surface area contributed by atoms with Crippen LogP contribution in [0.25, 0.3) is 0 Å². The van der Waals surface area contributed by atoms with Crippen LogP contribution in [0.2, 0.25) is 4.34 Å². The van der Waals surface area contributed by atoms with Crippen molar-refractivity contribution < 1.29 is 13.2 Å². The van der Waals surface area contributed by atoms with Crippen LogP contribution in [0.3, 0.4) is 0 Å². The van der Waals surface area contributed by atoms with Crippen molar-refractivity contribution in [1.29, 1.82) is 0 Å². The number of hydrogen-bond donors (Lipinski definition) is 2. The first kappa shape index (κ1) is 16.9. The summed E-state index contributed by atoms with van der Waals surface area (Å²) in [6.45, 7) is 1.76. The second kappa shape index (κ2) is 7.19. The van der Waals surface area contributed by atoms with Gasteiger partial charge in [-0.3, -0.25) is 9.78 Å². The Morgan fingerprint density at radius 1 is 1.41 bits per heavy atom. The summed E-state index contributed by atoms with van der Waals surface area (Å²) in [5.41, 5.74) is 0.830. The molecule has 2 N–H and O–H groups in total. The molecule has 0 saturated heterocycles. The largest absolute Gasteiger partial charge is 0.351 e. The highest BCUT2D eigenvalue weighted by Gasteiger charge is 2.23. The molecule has 0 fully saturated rings. The first-order valence-corrected chi connectivity index (χ1v) is 9.00. The van der Waals surface area contributed by atoms with E-state index in [9.17, 15) is 13.2 Å². The second-order valence-electron chi connectivity index (χ2n) is 4.48. The van der Waals surface area contributed by atoms with E-state index in [1.807, 2.05) is 6.07 Å². The Morgan fingerprint density at radius 3 is 2.77 bits per heavy atom. The molecule has 0 unspecified atom stereocenters. The van der Waals surface area contributed by atoms with Gasteiger partial charge >= 0.3 is 0 Å². The molecule has 118 valence electrons. The molecule has 2 heterocycles. The second-order valence-corrected chi connectivity index (χ2v) is 8.14. The van der Waals surface area contributed by atoms with E-state index in [1.165, 1.54) is 19.1 Å². The van der Waals surface area contributed by atoms with E-state index in [0.29, 0.717) is 4.34 Å². The van der Waals surface area contributed by atoms with Crippen LogP contribution in [0.15, 0.2) is 40.9 Å². The van der Waals surface area contributed by atoms with Gasteiger partial charge in [0.25, 0.3) is 10.0 Å². The van der Waals surface area contributed by atoms with Crippen LogP contribution in [-0.4, -0.2) is 25.4 Å². The highest BCUT2D eigenvalue weighted by atomic mass is 35.5. The molecule has 2 rings (SSSR count). The minimum Gasteiger partial charge on any atom is -0.351 e. The van der Waals surface area contributed by atoms with Crippen LogP contribution in [0.4, 0.5) is 0 Å². The first-order chi connectivity index (χ1) is 10.4. The number of carbonyl (C=O) groups is 1. The van der Waals surface area contributed by atoms with Crippen molar-refractivity contribution in [1.82, 2.24) is 15.0 Å². The van der Waals surface area contributed by atoms with Crippen LogP contribution in [0, 0.1) is 0 Å². The zero-order valence-electron chi connectivity index (χ0n) is 11.6. The van der Waals surface area contributed by atoms with Crippen molar-refractivity contribution in [2.45, 2.75) is 23.7 Å². The van der Waals surface area contributed by atoms with Crippen molar-refractivity contribution >= 4 is 38.9 Å². The number of rotatable bonds is 6. The molecule has 0 radical (unpaired) electrons. The molecule has 0 aliphatic heterocycles. The molecule has 6 nitrogen and oxygen atoms in total. The zero-order valence-corrected chi connectivity index (χ0v) is 14.0. The predicted octanol–water partition coefficient (Wildman–Crippen LogP) is 1.78. The van der Waals surface area contributed by atoms with E-state index in [2.05, 4.69) is 15.0 Å². The summed E-state index contributed by atoms with van der Waals surface area (Å²) in [4.78, 5) is 15.9. The van der Waals surface area contributed by atoms with Gasteiger partial charge in [0.15, 0.2) is 0 Å². The molecule has 0 aliphatic carbocycles. The quantitative estimate of drug-likeness (QED) is 0.822. The van der Waals surface area contributed by atoms with Gasteiger partial charge in [-0.25, -0.2) is 8.42 Å². The SMILES string of the molecule is C[C@@H](NS(=O)(=O)c1ccc(Cl)s1)C(=O)NCc1cccnc1. The van der Waals surface area contributed by atoms with E-state index in [-0.39, 0.29) is 10.8 Å². The maximum atomic E-state index is 12.1. The minimum absolute atomic E-state index is 0.0735. The molecule has 0 aliphatic rings. The van der Waals surface area contributed by atoms with Crippen LogP contribution in [0.5, 0.6) is 0 Å². The third-order valence-electron chi connectivity index (χ3n) is 2.73. The number of nitrogens with zero attached hydrogens (tertiary/aromatic N) is 1. The Morgan fingerprint density at radius 2 is 2.18 bits per heavy atom. The minimum atomic E-state index is -3.76. The smallest absolute Gasteiger partial charge is 0.250 e. The zero-order chi connectivity index (χ0) is 16.2. The van der Waals surface area contributed by atoms with Crippen molar-refractivity contribution in [3.8, 4) is 0 Å². The van der Waals surface area contributed by atoms with Gasteiger partial charge in [-0.1, -0.05) is 17.7 Å². The Labute approximate surface area is 137 Å². The summed E-state index contributed by atoms with van der Waals surface area (Å²) < 4.78 is 26.9. The van der Waals surface area contributed by atoms with Crippen LogP contribution < -0.4 is 10.0 Å². The fourth-order valence-corrected chi connectivity index (χ4v) is 4.33. The summed E-state index contributed by atoms with van der Waals surface area (Å²) in [6.07, 6.45) is 3.26. The van der Waals surface area contributed by atoms with E-state index >= 15 is 0 Å². The highest BCUT2D eigenvalue weighted by Crippen LogP contribution is 2.25. The number of sulfonamides is 1. The van der Waals surface area contributed by atoms with Gasteiger partial charge in [0.1, 0.15) is 4.21 Å². The molecular weight excluding hydrogens is 346 g/mol. The van der Waals surface area contributed by atoms with Gasteiger partial charge in [-0.15, -0.1) is 11.3 Å². The highest BCUT2D eigenvalue weighted by molar-refractivity contribution is 7.91. The van der Waals surface area contributed by atoms with Crippen LogP contribution in [0.1, 0.15) is 12.5 Å². The van der Waals surface area contributed by atoms with E-state index in [0.717, 1.165) is 16.9 Å². The summed E-state index contributed by atoms with van der Waals surface area (Å²) >= 11 is 6.66. The third kappa shape index (κ3) is 4.51. The Kier molecular flexibility index (Phi) is 5.52. The maximum Gasteiger partial charge on any atom is 0.250 e. The average Bonchev–Trinajstić information content (AvgIpc) is 2.93. The molecule has 0 aromatic carbocycles. The normalized spacial score (nSPS) is 12.8. The number of amides is 1. The molecule has 1 amide bonds. The maximum absolute atomic E-state index is 12.1. The molecule has 9 heteroatoms. The Balaban J connectivity index is 1.93. The summed E-state index contributed by atoms with van der Waals surface area (Å²) in [5, 5.41) is 2.65. The summed E-state index contributed by atoms with van der Waals surface area (Å²) in [6, 6.07) is 5.57. The lowest BCUT2D eigenvalue weighted by atomic mass is 10.2. The van der Waals surface area contributed by atoms with Gasteiger partial charge in [-0.2, -0.15) is 4.72 Å².